The second kappa shape index (κ2) is 4.09. The SMILES string of the molecule is C[C@H]1C=c2ccc3c(c2CC1)CC=c1ccccc1=3. The highest BCUT2D eigenvalue weighted by Crippen LogP contribution is 2.20. The molecule has 4 rings (SSSR count). The van der Waals surface area contributed by atoms with Crippen molar-refractivity contribution in [1.29, 1.82) is 0 Å². The van der Waals surface area contributed by atoms with Crippen molar-refractivity contribution < 1.29 is 0 Å². The van der Waals surface area contributed by atoms with Gasteiger partial charge >= 0.3 is 0 Å². The molecule has 0 amide bonds. The predicted molar refractivity (Wildman–Crippen MR) is 79.9 cm³/mol. The smallest absolute Gasteiger partial charge is 0.00791 e. The van der Waals surface area contributed by atoms with Crippen LogP contribution in [0.3, 0.4) is 0 Å². The van der Waals surface area contributed by atoms with E-state index in [2.05, 4.69) is 55.5 Å². The number of hydrogen-bond donors (Lipinski definition) is 0. The second-order valence-corrected chi connectivity index (χ2v) is 5.84. The van der Waals surface area contributed by atoms with Crippen molar-refractivity contribution in [2.75, 3.05) is 0 Å². The van der Waals surface area contributed by atoms with Gasteiger partial charge in [0.1, 0.15) is 0 Å². The third-order valence-corrected chi connectivity index (χ3v) is 4.56. The molecule has 2 aliphatic carbocycles. The van der Waals surface area contributed by atoms with E-state index in [1.54, 1.807) is 11.1 Å². The molecular weight excluding hydrogens is 228 g/mol. The van der Waals surface area contributed by atoms with E-state index in [1.807, 2.05) is 0 Å². The average molecular weight is 246 g/mol. The summed E-state index contributed by atoms with van der Waals surface area (Å²) < 4.78 is 0. The number of fused-ring (bicyclic) bond motifs is 4. The lowest BCUT2D eigenvalue weighted by atomic mass is 9.86. The van der Waals surface area contributed by atoms with Crippen molar-refractivity contribution in [3.63, 3.8) is 0 Å². The van der Waals surface area contributed by atoms with Gasteiger partial charge in [0.15, 0.2) is 0 Å². The quantitative estimate of drug-likeness (QED) is 0.670. The lowest BCUT2D eigenvalue weighted by Gasteiger charge is -2.19. The minimum Gasteiger partial charge on any atom is -0.0741 e. The summed E-state index contributed by atoms with van der Waals surface area (Å²) in [7, 11) is 0. The van der Waals surface area contributed by atoms with Gasteiger partial charge in [-0.05, 0) is 57.2 Å². The summed E-state index contributed by atoms with van der Waals surface area (Å²) in [6.07, 6.45) is 8.46. The molecular formula is C19H18. The van der Waals surface area contributed by atoms with Gasteiger partial charge in [-0.3, -0.25) is 0 Å². The van der Waals surface area contributed by atoms with Gasteiger partial charge < -0.3 is 0 Å². The van der Waals surface area contributed by atoms with Crippen molar-refractivity contribution >= 4 is 12.2 Å². The Morgan fingerprint density at radius 3 is 2.74 bits per heavy atom. The van der Waals surface area contributed by atoms with Gasteiger partial charge in [0.25, 0.3) is 0 Å². The maximum Gasteiger partial charge on any atom is -0.00791 e. The van der Waals surface area contributed by atoms with Crippen LogP contribution < -0.4 is 10.4 Å². The molecule has 94 valence electrons. The van der Waals surface area contributed by atoms with Crippen molar-refractivity contribution in [2.45, 2.75) is 26.2 Å². The summed E-state index contributed by atoms with van der Waals surface area (Å²) in [5, 5.41) is 5.73. The molecule has 19 heavy (non-hydrogen) atoms. The van der Waals surface area contributed by atoms with E-state index in [1.165, 1.54) is 33.7 Å². The molecule has 2 aromatic rings. The molecule has 0 spiro atoms. The van der Waals surface area contributed by atoms with E-state index < -0.39 is 0 Å². The van der Waals surface area contributed by atoms with Crippen LogP contribution in [0.2, 0.25) is 0 Å². The van der Waals surface area contributed by atoms with E-state index in [4.69, 9.17) is 0 Å². The van der Waals surface area contributed by atoms with E-state index in [9.17, 15) is 0 Å². The molecule has 0 fully saturated rings. The first-order chi connectivity index (χ1) is 9.33. The fourth-order valence-corrected chi connectivity index (χ4v) is 3.54. The Morgan fingerprint density at radius 1 is 0.895 bits per heavy atom. The van der Waals surface area contributed by atoms with Crippen LogP contribution >= 0.6 is 0 Å². The fraction of sp³-hybridized carbons (Fsp3) is 0.263. The Labute approximate surface area is 113 Å². The first kappa shape index (κ1) is 11.0. The van der Waals surface area contributed by atoms with Crippen LogP contribution in [0.4, 0.5) is 0 Å². The van der Waals surface area contributed by atoms with Gasteiger partial charge in [-0.2, -0.15) is 0 Å². The molecule has 0 heterocycles. The van der Waals surface area contributed by atoms with E-state index in [0.29, 0.717) is 0 Å². The molecule has 0 nitrogen and oxygen atoms in total. The molecule has 0 bridgehead atoms. The highest BCUT2D eigenvalue weighted by atomic mass is 14.2. The Hall–Kier alpha value is -1.82. The summed E-state index contributed by atoms with van der Waals surface area (Å²) in [4.78, 5) is 0. The van der Waals surface area contributed by atoms with Crippen molar-refractivity contribution in [3.8, 4) is 0 Å². The number of rotatable bonds is 0. The summed E-state index contributed by atoms with van der Waals surface area (Å²) in [5.41, 5.74) is 3.17. The fourth-order valence-electron chi connectivity index (χ4n) is 3.54. The Morgan fingerprint density at radius 2 is 1.79 bits per heavy atom. The number of hydrogen-bond acceptors (Lipinski definition) is 0. The predicted octanol–water partition coefficient (Wildman–Crippen LogP) is 2.67. The zero-order valence-corrected chi connectivity index (χ0v) is 11.3. The molecule has 0 heteroatoms. The average Bonchev–Trinajstić information content (AvgIpc) is 2.46. The van der Waals surface area contributed by atoms with Gasteiger partial charge in [0.05, 0.1) is 0 Å². The molecule has 2 aliphatic rings. The van der Waals surface area contributed by atoms with E-state index >= 15 is 0 Å². The summed E-state index contributed by atoms with van der Waals surface area (Å²) in [6, 6.07) is 13.4. The first-order valence-electron chi connectivity index (χ1n) is 7.25. The van der Waals surface area contributed by atoms with Crippen LogP contribution in [0.1, 0.15) is 24.5 Å². The van der Waals surface area contributed by atoms with Crippen molar-refractivity contribution in [3.05, 3.63) is 68.4 Å². The van der Waals surface area contributed by atoms with E-state index in [0.717, 1.165) is 12.3 Å². The minimum absolute atomic E-state index is 0.727. The molecule has 0 saturated carbocycles. The Kier molecular flexibility index (Phi) is 2.38. The second-order valence-electron chi connectivity index (χ2n) is 5.84. The van der Waals surface area contributed by atoms with E-state index in [-0.39, 0.29) is 0 Å². The normalized spacial score (nSPS) is 19.5. The highest BCUT2D eigenvalue weighted by molar-refractivity contribution is 5.47. The van der Waals surface area contributed by atoms with Crippen LogP contribution in [0.25, 0.3) is 12.2 Å². The first-order valence-corrected chi connectivity index (χ1v) is 7.25. The van der Waals surface area contributed by atoms with Crippen LogP contribution in [-0.4, -0.2) is 0 Å². The molecule has 1 atom stereocenters. The van der Waals surface area contributed by atoms with Gasteiger partial charge in [0.2, 0.25) is 0 Å². The maximum absolute atomic E-state index is 2.44. The lowest BCUT2D eigenvalue weighted by molar-refractivity contribution is 0.656. The Bertz CT molecular complexity index is 856. The molecule has 0 aliphatic heterocycles. The molecule has 2 aromatic carbocycles. The van der Waals surface area contributed by atoms with Gasteiger partial charge in [-0.15, -0.1) is 0 Å². The Balaban J connectivity index is 2.19. The van der Waals surface area contributed by atoms with Crippen LogP contribution in [0.15, 0.2) is 36.4 Å². The summed E-state index contributed by atoms with van der Waals surface area (Å²) in [6.45, 7) is 2.32. The molecule has 0 unspecified atom stereocenters. The topological polar surface area (TPSA) is 0 Å². The van der Waals surface area contributed by atoms with Gasteiger partial charge in [-0.25, -0.2) is 0 Å². The number of benzene rings is 2. The zero-order chi connectivity index (χ0) is 12.8. The van der Waals surface area contributed by atoms with Crippen LogP contribution in [0, 0.1) is 16.4 Å². The standard InChI is InChI=1S/C19H18/c1-13-6-9-17-15(12-13)8-11-18-16-5-3-2-4-14(16)7-10-19(17)18/h2-5,7-8,11-13H,6,9-10H2,1H3/t13-/m1/s1. The van der Waals surface area contributed by atoms with Crippen molar-refractivity contribution in [1.82, 2.24) is 0 Å². The third-order valence-electron chi connectivity index (χ3n) is 4.56. The zero-order valence-electron chi connectivity index (χ0n) is 11.3. The third kappa shape index (κ3) is 1.67. The minimum atomic E-state index is 0.727. The highest BCUT2D eigenvalue weighted by Gasteiger charge is 2.13. The molecule has 0 radical (unpaired) electrons. The van der Waals surface area contributed by atoms with Gasteiger partial charge in [-0.1, -0.05) is 55.5 Å². The molecule has 0 aromatic heterocycles. The summed E-state index contributed by atoms with van der Waals surface area (Å²) >= 11 is 0. The van der Waals surface area contributed by atoms with Crippen molar-refractivity contribution in [2.24, 2.45) is 5.92 Å². The largest absolute Gasteiger partial charge is 0.0741 e. The van der Waals surface area contributed by atoms with Gasteiger partial charge in [0, 0.05) is 0 Å². The lowest BCUT2D eigenvalue weighted by Crippen LogP contribution is -2.22. The summed E-state index contributed by atoms with van der Waals surface area (Å²) in [5.74, 6) is 0.727. The molecule has 0 saturated heterocycles. The van der Waals surface area contributed by atoms with Crippen LogP contribution in [0.5, 0.6) is 0 Å². The maximum atomic E-state index is 2.44. The van der Waals surface area contributed by atoms with Crippen LogP contribution in [-0.2, 0) is 12.8 Å². The monoisotopic (exact) mass is 246 g/mol. The molecule has 0 N–H and O–H groups in total.